The third-order valence-electron chi connectivity index (χ3n) is 3.73. The number of halogens is 1. The number of anilines is 1. The molecule has 3 aromatic rings. The van der Waals surface area contributed by atoms with Crippen LogP contribution in [0.15, 0.2) is 59.1 Å². The van der Waals surface area contributed by atoms with Gasteiger partial charge >= 0.3 is 0 Å². The Bertz CT molecular complexity index is 954. The van der Waals surface area contributed by atoms with Crippen molar-refractivity contribution in [1.29, 1.82) is 0 Å². The minimum absolute atomic E-state index is 0.0396. The third kappa shape index (κ3) is 5.45. The number of ketones is 1. The second-order valence-electron chi connectivity index (χ2n) is 5.86. The standard InChI is InChI=1S/C20H17ClN2O3S/c1-13(24)15-3-2-4-17(9-15)22-20(25)12-27-11-18-10-19(23-26-18)14-5-7-16(21)8-6-14/h2-10H,11-12H2,1H3,(H,22,25). The monoisotopic (exact) mass is 400 g/mol. The van der Waals surface area contributed by atoms with E-state index in [1.807, 2.05) is 18.2 Å². The molecular formula is C20H17ClN2O3S. The molecule has 1 N–H and O–H groups in total. The molecule has 0 unspecified atom stereocenters. The number of rotatable bonds is 7. The van der Waals surface area contributed by atoms with Crippen LogP contribution in [0.4, 0.5) is 5.69 Å². The summed E-state index contributed by atoms with van der Waals surface area (Å²) in [7, 11) is 0. The number of aromatic nitrogens is 1. The van der Waals surface area contributed by atoms with Gasteiger partial charge in [0, 0.05) is 27.9 Å². The Morgan fingerprint density at radius 1 is 1.15 bits per heavy atom. The van der Waals surface area contributed by atoms with Crippen LogP contribution in [0.3, 0.4) is 0 Å². The smallest absolute Gasteiger partial charge is 0.234 e. The predicted molar refractivity (Wildman–Crippen MR) is 108 cm³/mol. The van der Waals surface area contributed by atoms with Gasteiger partial charge in [0.05, 0.1) is 11.5 Å². The molecule has 0 spiro atoms. The van der Waals surface area contributed by atoms with Gasteiger partial charge < -0.3 is 9.84 Å². The highest BCUT2D eigenvalue weighted by Gasteiger charge is 2.09. The topological polar surface area (TPSA) is 72.2 Å². The number of hydrogen-bond donors (Lipinski definition) is 1. The molecule has 0 aliphatic carbocycles. The van der Waals surface area contributed by atoms with Crippen molar-refractivity contribution in [3.05, 3.63) is 70.9 Å². The molecule has 0 atom stereocenters. The van der Waals surface area contributed by atoms with Gasteiger partial charge in [0.1, 0.15) is 11.5 Å². The Balaban J connectivity index is 1.50. The highest BCUT2D eigenvalue weighted by atomic mass is 35.5. The molecule has 1 heterocycles. The molecule has 5 nitrogen and oxygen atoms in total. The second kappa shape index (κ2) is 8.88. The van der Waals surface area contributed by atoms with Crippen molar-refractivity contribution < 1.29 is 14.1 Å². The molecular weight excluding hydrogens is 384 g/mol. The fourth-order valence-corrected chi connectivity index (χ4v) is 3.22. The number of carbonyl (C=O) groups is 2. The molecule has 138 valence electrons. The molecule has 0 aliphatic heterocycles. The maximum Gasteiger partial charge on any atom is 0.234 e. The van der Waals surface area contributed by atoms with Crippen LogP contribution in [0.1, 0.15) is 23.0 Å². The zero-order valence-corrected chi connectivity index (χ0v) is 16.1. The number of hydrogen-bond acceptors (Lipinski definition) is 5. The van der Waals surface area contributed by atoms with Crippen molar-refractivity contribution in [2.75, 3.05) is 11.1 Å². The van der Waals surface area contributed by atoms with Crippen molar-refractivity contribution >= 4 is 40.7 Å². The minimum atomic E-state index is -0.141. The lowest BCUT2D eigenvalue weighted by Gasteiger charge is -2.05. The van der Waals surface area contributed by atoms with Crippen molar-refractivity contribution in [1.82, 2.24) is 5.16 Å². The molecule has 7 heteroatoms. The molecule has 0 saturated heterocycles. The van der Waals surface area contributed by atoms with E-state index in [1.165, 1.54) is 18.7 Å². The summed E-state index contributed by atoms with van der Waals surface area (Å²) in [4.78, 5) is 23.5. The van der Waals surface area contributed by atoms with Gasteiger partial charge in [-0.15, -0.1) is 11.8 Å². The van der Waals surface area contributed by atoms with Crippen LogP contribution < -0.4 is 5.32 Å². The predicted octanol–water partition coefficient (Wildman–Crippen LogP) is 5.07. The third-order valence-corrected chi connectivity index (χ3v) is 4.94. The first-order valence-corrected chi connectivity index (χ1v) is 9.74. The largest absolute Gasteiger partial charge is 0.360 e. The van der Waals surface area contributed by atoms with E-state index >= 15 is 0 Å². The maximum absolute atomic E-state index is 12.1. The van der Waals surface area contributed by atoms with Gasteiger partial charge in [-0.1, -0.05) is 41.0 Å². The Hall–Kier alpha value is -2.57. The lowest BCUT2D eigenvalue weighted by Crippen LogP contribution is -2.14. The molecule has 27 heavy (non-hydrogen) atoms. The van der Waals surface area contributed by atoms with Crippen LogP contribution in [0.25, 0.3) is 11.3 Å². The average molecular weight is 401 g/mol. The van der Waals surface area contributed by atoms with E-state index in [9.17, 15) is 9.59 Å². The van der Waals surface area contributed by atoms with E-state index in [4.69, 9.17) is 16.1 Å². The number of benzene rings is 2. The summed E-state index contributed by atoms with van der Waals surface area (Å²) < 4.78 is 5.32. The van der Waals surface area contributed by atoms with Crippen molar-refractivity contribution in [2.24, 2.45) is 0 Å². The zero-order valence-electron chi connectivity index (χ0n) is 14.6. The van der Waals surface area contributed by atoms with Gasteiger partial charge in [-0.3, -0.25) is 9.59 Å². The fourth-order valence-electron chi connectivity index (χ4n) is 2.40. The number of Topliss-reactive ketones (excluding diaryl/α,β-unsaturated/α-hetero) is 1. The SMILES string of the molecule is CC(=O)c1cccc(NC(=O)CSCc2cc(-c3ccc(Cl)cc3)no2)c1. The lowest BCUT2D eigenvalue weighted by atomic mass is 10.1. The van der Waals surface area contributed by atoms with Gasteiger partial charge in [-0.2, -0.15) is 0 Å². The highest BCUT2D eigenvalue weighted by molar-refractivity contribution is 7.99. The average Bonchev–Trinajstić information content (AvgIpc) is 3.11. The summed E-state index contributed by atoms with van der Waals surface area (Å²) in [5, 5.41) is 7.50. The molecule has 0 radical (unpaired) electrons. The van der Waals surface area contributed by atoms with Gasteiger partial charge in [0.25, 0.3) is 0 Å². The molecule has 0 saturated carbocycles. The van der Waals surface area contributed by atoms with E-state index in [0.717, 1.165) is 11.3 Å². The lowest BCUT2D eigenvalue weighted by molar-refractivity contribution is -0.113. The Morgan fingerprint density at radius 2 is 1.93 bits per heavy atom. The summed E-state index contributed by atoms with van der Waals surface area (Å²) in [6.07, 6.45) is 0. The first-order valence-electron chi connectivity index (χ1n) is 8.21. The van der Waals surface area contributed by atoms with Crippen LogP contribution in [0, 0.1) is 0 Å². The first-order chi connectivity index (χ1) is 13.0. The molecule has 0 aliphatic rings. The molecule has 0 fully saturated rings. The van der Waals surface area contributed by atoms with Crippen LogP contribution in [-0.4, -0.2) is 22.6 Å². The van der Waals surface area contributed by atoms with Crippen LogP contribution in [-0.2, 0) is 10.5 Å². The molecule has 0 bridgehead atoms. The van der Waals surface area contributed by atoms with E-state index in [0.29, 0.717) is 27.8 Å². The van der Waals surface area contributed by atoms with Gasteiger partial charge in [-0.25, -0.2) is 0 Å². The maximum atomic E-state index is 12.1. The van der Waals surface area contributed by atoms with Crippen molar-refractivity contribution in [3.63, 3.8) is 0 Å². The normalized spacial score (nSPS) is 10.6. The Morgan fingerprint density at radius 3 is 2.67 bits per heavy atom. The Kier molecular flexibility index (Phi) is 6.32. The van der Waals surface area contributed by atoms with E-state index in [1.54, 1.807) is 36.4 Å². The van der Waals surface area contributed by atoms with E-state index < -0.39 is 0 Å². The van der Waals surface area contributed by atoms with Crippen LogP contribution >= 0.6 is 23.4 Å². The number of thioether (sulfide) groups is 1. The summed E-state index contributed by atoms with van der Waals surface area (Å²) in [6.45, 7) is 1.49. The number of carbonyl (C=O) groups excluding carboxylic acids is 2. The second-order valence-corrected chi connectivity index (χ2v) is 7.29. The summed E-state index contributed by atoms with van der Waals surface area (Å²) in [5.74, 6) is 1.31. The quantitative estimate of drug-likeness (QED) is 0.560. The van der Waals surface area contributed by atoms with Gasteiger partial charge in [-0.05, 0) is 31.2 Å². The van der Waals surface area contributed by atoms with Gasteiger partial charge in [0.2, 0.25) is 5.91 Å². The molecule has 1 amide bonds. The summed E-state index contributed by atoms with van der Waals surface area (Å²) in [5.41, 5.74) is 2.82. The first kappa shape index (κ1) is 19.2. The number of nitrogens with one attached hydrogen (secondary N) is 1. The fraction of sp³-hybridized carbons (Fsp3) is 0.150. The van der Waals surface area contributed by atoms with Gasteiger partial charge in [0.15, 0.2) is 5.78 Å². The minimum Gasteiger partial charge on any atom is -0.360 e. The summed E-state index contributed by atoms with van der Waals surface area (Å²) >= 11 is 7.30. The van der Waals surface area contributed by atoms with Crippen LogP contribution in [0.2, 0.25) is 5.02 Å². The highest BCUT2D eigenvalue weighted by Crippen LogP contribution is 2.23. The number of amides is 1. The zero-order chi connectivity index (χ0) is 19.2. The van der Waals surface area contributed by atoms with Crippen molar-refractivity contribution in [2.45, 2.75) is 12.7 Å². The van der Waals surface area contributed by atoms with Crippen LogP contribution in [0.5, 0.6) is 0 Å². The van der Waals surface area contributed by atoms with Crippen molar-refractivity contribution in [3.8, 4) is 11.3 Å². The molecule has 1 aromatic heterocycles. The molecule has 3 rings (SSSR count). The molecule has 2 aromatic carbocycles. The summed E-state index contributed by atoms with van der Waals surface area (Å²) in [6, 6.07) is 16.1. The van der Waals surface area contributed by atoms with E-state index in [2.05, 4.69) is 10.5 Å². The number of nitrogens with zero attached hydrogens (tertiary/aromatic N) is 1. The van der Waals surface area contributed by atoms with E-state index in [-0.39, 0.29) is 17.4 Å². The Labute approximate surface area is 166 Å².